The summed E-state index contributed by atoms with van der Waals surface area (Å²) < 4.78 is 7.42. The summed E-state index contributed by atoms with van der Waals surface area (Å²) in [4.78, 5) is 26.4. The van der Waals surface area contributed by atoms with Gasteiger partial charge in [0.1, 0.15) is 10.7 Å². The molecule has 0 saturated heterocycles. The van der Waals surface area contributed by atoms with E-state index in [-0.39, 0.29) is 5.91 Å². The molecule has 7 nitrogen and oxygen atoms in total. The molecule has 0 aliphatic heterocycles. The molecule has 8 heteroatoms. The average Bonchev–Trinajstić information content (AvgIpc) is 3.46. The molecule has 0 fully saturated rings. The third-order valence-corrected chi connectivity index (χ3v) is 6.87. The molecular weight excluding hydrogens is 434 g/mol. The van der Waals surface area contributed by atoms with Crippen molar-refractivity contribution in [1.82, 2.24) is 24.8 Å². The number of allylic oxidation sites excluding steroid dienone is 1. The molecule has 33 heavy (non-hydrogen) atoms. The maximum absolute atomic E-state index is 13.1. The summed E-state index contributed by atoms with van der Waals surface area (Å²) >= 11 is 1.53. The van der Waals surface area contributed by atoms with E-state index in [0.29, 0.717) is 18.7 Å². The van der Waals surface area contributed by atoms with Gasteiger partial charge < -0.3 is 14.6 Å². The number of carbonyl (C=O) groups excluding carboxylic acids is 1. The van der Waals surface area contributed by atoms with E-state index in [1.165, 1.54) is 36.2 Å². The SMILES string of the molecule is COCCCn1c(-c2csc(-c3cnccn3)n2)cc(C(=O)NCCC2=CCCCC2)c1C. The van der Waals surface area contributed by atoms with E-state index in [4.69, 9.17) is 9.72 Å². The lowest BCUT2D eigenvalue weighted by Gasteiger charge is -2.13. The molecule has 0 unspecified atom stereocenters. The summed E-state index contributed by atoms with van der Waals surface area (Å²) in [7, 11) is 1.71. The summed E-state index contributed by atoms with van der Waals surface area (Å²) in [6.07, 6.45) is 14.0. The van der Waals surface area contributed by atoms with Gasteiger partial charge in [0, 0.05) is 50.3 Å². The van der Waals surface area contributed by atoms with Gasteiger partial charge in [0.25, 0.3) is 5.91 Å². The van der Waals surface area contributed by atoms with E-state index in [1.807, 2.05) is 18.4 Å². The summed E-state index contributed by atoms with van der Waals surface area (Å²) in [5.74, 6) is -0.0277. The van der Waals surface area contributed by atoms with Gasteiger partial charge >= 0.3 is 0 Å². The van der Waals surface area contributed by atoms with Crippen molar-refractivity contribution in [3.8, 4) is 22.1 Å². The Morgan fingerprint density at radius 1 is 1.27 bits per heavy atom. The number of hydrogen-bond acceptors (Lipinski definition) is 6. The third kappa shape index (κ3) is 5.75. The molecule has 0 saturated carbocycles. The standard InChI is InChI=1S/C25H31N5O2S/c1-18-20(24(31)28-10-9-19-7-4-3-5-8-19)15-23(30(18)13-6-14-32-2)22-17-33-25(29-22)21-16-26-11-12-27-21/h7,11-12,15-17H,3-6,8-10,13-14H2,1-2H3,(H,28,31). The van der Waals surface area contributed by atoms with Crippen molar-refractivity contribution in [2.75, 3.05) is 20.3 Å². The van der Waals surface area contributed by atoms with Crippen LogP contribution in [0.3, 0.4) is 0 Å². The van der Waals surface area contributed by atoms with E-state index >= 15 is 0 Å². The molecule has 0 aromatic carbocycles. The highest BCUT2D eigenvalue weighted by Crippen LogP contribution is 2.31. The van der Waals surface area contributed by atoms with Crippen molar-refractivity contribution < 1.29 is 9.53 Å². The van der Waals surface area contributed by atoms with Crippen LogP contribution in [0, 0.1) is 6.92 Å². The average molecular weight is 466 g/mol. The van der Waals surface area contributed by atoms with Crippen LogP contribution >= 0.6 is 11.3 Å². The minimum Gasteiger partial charge on any atom is -0.385 e. The molecule has 0 bridgehead atoms. The predicted molar refractivity (Wildman–Crippen MR) is 131 cm³/mol. The fourth-order valence-corrected chi connectivity index (χ4v) is 5.00. The van der Waals surface area contributed by atoms with Gasteiger partial charge in [-0.1, -0.05) is 11.6 Å². The minimum atomic E-state index is -0.0277. The maximum Gasteiger partial charge on any atom is 0.253 e. The lowest BCUT2D eigenvalue weighted by Crippen LogP contribution is -2.25. The lowest BCUT2D eigenvalue weighted by atomic mass is 9.97. The van der Waals surface area contributed by atoms with E-state index in [9.17, 15) is 4.79 Å². The zero-order valence-electron chi connectivity index (χ0n) is 19.3. The topological polar surface area (TPSA) is 81.9 Å². The van der Waals surface area contributed by atoms with Crippen LogP contribution in [0.15, 0.2) is 41.7 Å². The minimum absolute atomic E-state index is 0.0277. The van der Waals surface area contributed by atoms with Crippen LogP contribution in [0.25, 0.3) is 22.1 Å². The number of carbonyl (C=O) groups is 1. The van der Waals surface area contributed by atoms with Gasteiger partial charge in [0.05, 0.1) is 23.1 Å². The Kier molecular flexibility index (Phi) is 8.01. The first-order chi connectivity index (χ1) is 16.2. The fraction of sp³-hybridized carbons (Fsp3) is 0.440. The van der Waals surface area contributed by atoms with Crippen LogP contribution in [-0.2, 0) is 11.3 Å². The van der Waals surface area contributed by atoms with Gasteiger partial charge in [-0.3, -0.25) is 14.8 Å². The Balaban J connectivity index is 1.54. The summed E-state index contributed by atoms with van der Waals surface area (Å²) in [5.41, 5.74) is 5.65. The molecule has 0 spiro atoms. The van der Waals surface area contributed by atoms with Crippen LogP contribution in [0.1, 0.15) is 54.6 Å². The monoisotopic (exact) mass is 465 g/mol. The molecule has 4 rings (SSSR count). The smallest absolute Gasteiger partial charge is 0.253 e. The number of nitrogens with one attached hydrogen (secondary N) is 1. The molecular formula is C25H31N5O2S. The van der Waals surface area contributed by atoms with Gasteiger partial charge in [0.15, 0.2) is 0 Å². The van der Waals surface area contributed by atoms with Crippen LogP contribution in [0.5, 0.6) is 0 Å². The van der Waals surface area contributed by atoms with Crippen molar-refractivity contribution in [3.63, 3.8) is 0 Å². The van der Waals surface area contributed by atoms with E-state index < -0.39 is 0 Å². The number of amides is 1. The second-order valence-electron chi connectivity index (χ2n) is 8.27. The zero-order valence-corrected chi connectivity index (χ0v) is 20.2. The Morgan fingerprint density at radius 2 is 2.18 bits per heavy atom. The zero-order chi connectivity index (χ0) is 23.0. The molecule has 0 radical (unpaired) electrons. The molecule has 3 heterocycles. The molecule has 3 aromatic heterocycles. The van der Waals surface area contributed by atoms with Crippen LogP contribution in [-0.4, -0.2) is 45.7 Å². The number of thiazole rings is 1. The van der Waals surface area contributed by atoms with E-state index in [1.54, 1.807) is 25.7 Å². The van der Waals surface area contributed by atoms with Crippen LogP contribution in [0.4, 0.5) is 0 Å². The summed E-state index contributed by atoms with van der Waals surface area (Å²) in [6.45, 7) is 4.09. The van der Waals surface area contributed by atoms with Crippen molar-refractivity contribution in [2.24, 2.45) is 0 Å². The predicted octanol–water partition coefficient (Wildman–Crippen LogP) is 5.03. The highest BCUT2D eigenvalue weighted by molar-refractivity contribution is 7.13. The number of ether oxygens (including phenoxy) is 1. The Morgan fingerprint density at radius 3 is 2.94 bits per heavy atom. The molecule has 174 valence electrons. The maximum atomic E-state index is 13.1. The van der Waals surface area contributed by atoms with Crippen molar-refractivity contribution in [3.05, 3.63) is 52.9 Å². The first-order valence-corrected chi connectivity index (χ1v) is 12.4. The number of nitrogens with zero attached hydrogens (tertiary/aromatic N) is 4. The van der Waals surface area contributed by atoms with Crippen LogP contribution in [0.2, 0.25) is 0 Å². The van der Waals surface area contributed by atoms with E-state index in [0.717, 1.165) is 53.6 Å². The second-order valence-corrected chi connectivity index (χ2v) is 9.13. The Labute approximate surface area is 199 Å². The number of methoxy groups -OCH3 is 1. The number of rotatable bonds is 10. The Hall–Kier alpha value is -2.84. The van der Waals surface area contributed by atoms with Gasteiger partial charge in [0.2, 0.25) is 0 Å². The third-order valence-electron chi connectivity index (χ3n) is 6.01. The van der Waals surface area contributed by atoms with Gasteiger partial charge in [-0.15, -0.1) is 11.3 Å². The first-order valence-electron chi connectivity index (χ1n) is 11.5. The van der Waals surface area contributed by atoms with Gasteiger partial charge in [-0.25, -0.2) is 4.98 Å². The lowest BCUT2D eigenvalue weighted by molar-refractivity contribution is 0.0953. The van der Waals surface area contributed by atoms with Crippen LogP contribution < -0.4 is 5.32 Å². The molecule has 1 aliphatic rings. The molecule has 1 N–H and O–H groups in total. The second kappa shape index (κ2) is 11.3. The molecule has 3 aromatic rings. The van der Waals surface area contributed by atoms with Crippen molar-refractivity contribution in [2.45, 2.75) is 52.0 Å². The summed E-state index contributed by atoms with van der Waals surface area (Å²) in [5, 5.41) is 5.95. The number of aromatic nitrogens is 4. The van der Waals surface area contributed by atoms with Crippen molar-refractivity contribution in [1.29, 1.82) is 0 Å². The molecule has 1 aliphatic carbocycles. The largest absolute Gasteiger partial charge is 0.385 e. The van der Waals surface area contributed by atoms with E-state index in [2.05, 4.69) is 25.9 Å². The quantitative estimate of drug-likeness (QED) is 0.335. The highest BCUT2D eigenvalue weighted by Gasteiger charge is 2.20. The number of hydrogen-bond donors (Lipinski definition) is 1. The Bertz CT molecular complexity index is 1100. The van der Waals surface area contributed by atoms with Gasteiger partial charge in [-0.2, -0.15) is 0 Å². The van der Waals surface area contributed by atoms with Crippen molar-refractivity contribution >= 4 is 17.2 Å². The first kappa shape index (κ1) is 23.3. The molecule has 0 atom stereocenters. The fourth-order valence-electron chi connectivity index (χ4n) is 4.22. The highest BCUT2D eigenvalue weighted by atomic mass is 32.1. The van der Waals surface area contributed by atoms with Gasteiger partial charge in [-0.05, 0) is 51.5 Å². The normalized spacial score (nSPS) is 13.7. The molecule has 1 amide bonds. The summed E-state index contributed by atoms with van der Waals surface area (Å²) in [6, 6.07) is 1.97.